The van der Waals surface area contributed by atoms with E-state index in [0.717, 1.165) is 0 Å². The fourth-order valence-electron chi connectivity index (χ4n) is 4.45. The molecular weight excluding hydrogens is 312 g/mol. The molecule has 0 aliphatic heterocycles. The summed E-state index contributed by atoms with van der Waals surface area (Å²) in [6.07, 6.45) is 13.6. The van der Waals surface area contributed by atoms with Gasteiger partial charge in [0.05, 0.1) is 0 Å². The summed E-state index contributed by atoms with van der Waals surface area (Å²) >= 11 is 0. The van der Waals surface area contributed by atoms with Crippen molar-refractivity contribution < 1.29 is 18.1 Å². The second-order valence-electron chi connectivity index (χ2n) is 6.19. The standard InChI is InChI=1S/C18H16O4S/c1-11-13-7-3-4-8-14-12(2)16-10-6-5-9-15(11)18(16,17(13,14)19)23(20,21)22/h3-10,19H,1-2H3,(H,20,21,22)/p-1. The molecule has 0 saturated carbocycles. The van der Waals surface area contributed by atoms with Crippen LogP contribution in [0.15, 0.2) is 82.0 Å². The van der Waals surface area contributed by atoms with E-state index in [1.807, 2.05) is 0 Å². The third kappa shape index (κ3) is 1.33. The largest absolute Gasteiger partial charge is 0.747 e. The van der Waals surface area contributed by atoms with Crippen LogP contribution in [-0.2, 0) is 10.1 Å². The zero-order valence-corrected chi connectivity index (χ0v) is 13.5. The summed E-state index contributed by atoms with van der Waals surface area (Å²) in [5.41, 5.74) is 1.05. The van der Waals surface area contributed by atoms with E-state index in [2.05, 4.69) is 0 Å². The summed E-state index contributed by atoms with van der Waals surface area (Å²) < 4.78 is 35.5. The highest BCUT2D eigenvalue weighted by molar-refractivity contribution is 7.87. The zero-order chi connectivity index (χ0) is 16.6. The molecule has 0 spiro atoms. The van der Waals surface area contributed by atoms with Crippen molar-refractivity contribution in [2.24, 2.45) is 0 Å². The summed E-state index contributed by atoms with van der Waals surface area (Å²) in [7, 11) is -4.89. The molecule has 0 bridgehead atoms. The second-order valence-corrected chi connectivity index (χ2v) is 7.71. The summed E-state index contributed by atoms with van der Waals surface area (Å²) in [6.45, 7) is 3.51. The lowest BCUT2D eigenvalue weighted by atomic mass is 9.80. The molecule has 4 rings (SSSR count). The van der Waals surface area contributed by atoms with Crippen LogP contribution >= 0.6 is 0 Å². The van der Waals surface area contributed by atoms with E-state index in [4.69, 9.17) is 0 Å². The summed E-state index contributed by atoms with van der Waals surface area (Å²) in [6, 6.07) is 0. The molecule has 0 amide bonds. The molecule has 0 fully saturated rings. The Bertz CT molecular complexity index is 906. The monoisotopic (exact) mass is 327 g/mol. The van der Waals surface area contributed by atoms with Crippen LogP contribution in [0.5, 0.6) is 0 Å². The first-order valence-corrected chi connectivity index (χ1v) is 8.74. The SMILES string of the molecule is CC1=C2C=CC=CC3=C(C)C4=CC=CC=C1C4(O)C23S(=O)(=O)[O-]. The maximum atomic E-state index is 12.5. The highest BCUT2D eigenvalue weighted by Crippen LogP contribution is 2.65. The molecule has 5 heteroatoms. The molecule has 0 radical (unpaired) electrons. The normalized spacial score (nSPS) is 34.4. The predicted molar refractivity (Wildman–Crippen MR) is 86.4 cm³/mol. The molecule has 118 valence electrons. The second kappa shape index (κ2) is 4.12. The van der Waals surface area contributed by atoms with E-state index in [-0.39, 0.29) is 0 Å². The third-order valence-corrected chi connectivity index (χ3v) is 6.80. The minimum Gasteiger partial charge on any atom is -0.747 e. The summed E-state index contributed by atoms with van der Waals surface area (Å²) in [4.78, 5) is 0. The van der Waals surface area contributed by atoms with Crippen molar-refractivity contribution in [3.05, 3.63) is 82.0 Å². The molecule has 0 atom stereocenters. The maximum absolute atomic E-state index is 12.5. The first-order valence-electron chi connectivity index (χ1n) is 7.33. The Hall–Kier alpha value is -1.95. The molecule has 23 heavy (non-hydrogen) atoms. The molecule has 0 aromatic rings. The molecule has 4 aliphatic rings. The van der Waals surface area contributed by atoms with Crippen LogP contribution < -0.4 is 0 Å². The van der Waals surface area contributed by atoms with Crippen molar-refractivity contribution in [2.75, 3.05) is 0 Å². The molecule has 0 aromatic carbocycles. The third-order valence-electron chi connectivity index (χ3n) is 5.31. The van der Waals surface area contributed by atoms with Gasteiger partial charge in [0.15, 0.2) is 0 Å². The fraction of sp³-hybridized carbons (Fsp3) is 0.222. The molecule has 4 nitrogen and oxygen atoms in total. The van der Waals surface area contributed by atoms with Crippen molar-refractivity contribution in [1.29, 1.82) is 0 Å². The predicted octanol–water partition coefficient (Wildman–Crippen LogP) is 2.21. The van der Waals surface area contributed by atoms with Crippen LogP contribution in [0.25, 0.3) is 0 Å². The number of rotatable bonds is 1. The van der Waals surface area contributed by atoms with Crippen LogP contribution in [0.4, 0.5) is 0 Å². The molecule has 0 aromatic heterocycles. The Balaban J connectivity index is 2.32. The van der Waals surface area contributed by atoms with E-state index >= 15 is 0 Å². The van der Waals surface area contributed by atoms with Gasteiger partial charge in [0.25, 0.3) is 0 Å². The Labute approximate surface area is 135 Å². The maximum Gasteiger partial charge on any atom is 0.148 e. The lowest BCUT2D eigenvalue weighted by Crippen LogP contribution is -2.56. The number of allylic oxidation sites excluding steroid dienone is 8. The lowest BCUT2D eigenvalue weighted by molar-refractivity contribution is 0.112. The van der Waals surface area contributed by atoms with Crippen LogP contribution in [-0.4, -0.2) is 28.4 Å². The van der Waals surface area contributed by atoms with Gasteiger partial charge in [-0.3, -0.25) is 0 Å². The van der Waals surface area contributed by atoms with E-state index < -0.39 is 20.5 Å². The zero-order valence-electron chi connectivity index (χ0n) is 12.7. The van der Waals surface area contributed by atoms with Crippen molar-refractivity contribution >= 4 is 10.1 Å². The number of hydrogen-bond acceptors (Lipinski definition) is 4. The van der Waals surface area contributed by atoms with Gasteiger partial charge in [-0.25, -0.2) is 8.42 Å². The first kappa shape index (κ1) is 14.6. The smallest absolute Gasteiger partial charge is 0.148 e. The number of hydrogen-bond donors (Lipinski definition) is 1. The van der Waals surface area contributed by atoms with Crippen LogP contribution in [0.3, 0.4) is 0 Å². The molecular formula is C18H15O4S-. The highest BCUT2D eigenvalue weighted by Gasteiger charge is 2.70. The van der Waals surface area contributed by atoms with E-state index in [9.17, 15) is 18.1 Å². The Morgan fingerprint density at radius 2 is 1.35 bits per heavy atom. The number of aliphatic hydroxyl groups is 1. The van der Waals surface area contributed by atoms with Crippen LogP contribution in [0, 0.1) is 0 Å². The average molecular weight is 327 g/mol. The van der Waals surface area contributed by atoms with Crippen molar-refractivity contribution in [3.8, 4) is 0 Å². The van der Waals surface area contributed by atoms with E-state index in [0.29, 0.717) is 33.4 Å². The van der Waals surface area contributed by atoms with E-state index in [1.54, 1.807) is 62.5 Å². The minimum absolute atomic E-state index is 0.360. The van der Waals surface area contributed by atoms with Gasteiger partial charge < -0.3 is 9.66 Å². The van der Waals surface area contributed by atoms with Crippen molar-refractivity contribution in [3.63, 3.8) is 0 Å². The van der Waals surface area contributed by atoms with Gasteiger partial charge in [0.1, 0.15) is 20.5 Å². The van der Waals surface area contributed by atoms with E-state index in [1.165, 1.54) is 0 Å². The van der Waals surface area contributed by atoms with Crippen molar-refractivity contribution in [1.82, 2.24) is 0 Å². The quantitative estimate of drug-likeness (QED) is 0.749. The Morgan fingerprint density at radius 1 is 0.913 bits per heavy atom. The Kier molecular flexibility index (Phi) is 2.62. The Morgan fingerprint density at radius 3 is 1.74 bits per heavy atom. The van der Waals surface area contributed by atoms with Gasteiger partial charge in [-0.1, -0.05) is 48.6 Å². The first-order chi connectivity index (χ1) is 10.8. The minimum atomic E-state index is -4.89. The fourth-order valence-corrected chi connectivity index (χ4v) is 6.02. The van der Waals surface area contributed by atoms with Crippen LogP contribution in [0.2, 0.25) is 0 Å². The highest BCUT2D eigenvalue weighted by atomic mass is 32.2. The van der Waals surface area contributed by atoms with Gasteiger partial charge in [-0.05, 0) is 47.3 Å². The summed E-state index contributed by atoms with van der Waals surface area (Å²) in [5, 5.41) is 11.6. The molecule has 4 aliphatic carbocycles. The molecule has 1 N–H and O–H groups in total. The topological polar surface area (TPSA) is 77.4 Å². The van der Waals surface area contributed by atoms with Gasteiger partial charge >= 0.3 is 0 Å². The lowest BCUT2D eigenvalue weighted by Gasteiger charge is -2.42. The van der Waals surface area contributed by atoms with Gasteiger partial charge in [0.2, 0.25) is 0 Å². The molecule has 0 unspecified atom stereocenters. The van der Waals surface area contributed by atoms with Crippen molar-refractivity contribution in [2.45, 2.75) is 24.2 Å². The average Bonchev–Trinajstić information content (AvgIpc) is 2.71. The van der Waals surface area contributed by atoms with Crippen LogP contribution in [0.1, 0.15) is 13.8 Å². The van der Waals surface area contributed by atoms with Gasteiger partial charge in [-0.15, -0.1) is 0 Å². The summed E-state index contributed by atoms with van der Waals surface area (Å²) in [5.74, 6) is 0. The molecule has 0 saturated heterocycles. The molecule has 0 heterocycles. The van der Waals surface area contributed by atoms with Gasteiger partial charge in [-0.2, -0.15) is 0 Å². The van der Waals surface area contributed by atoms with Gasteiger partial charge in [0, 0.05) is 0 Å².